The quantitative estimate of drug-likeness (QED) is 0.0321. The van der Waals surface area contributed by atoms with E-state index in [1.54, 1.807) is 6.08 Å². The van der Waals surface area contributed by atoms with Gasteiger partial charge in [-0.25, -0.2) is 0 Å². The maximum Gasteiger partial charge on any atom is 0.305 e. The van der Waals surface area contributed by atoms with Crippen molar-refractivity contribution >= 4 is 11.9 Å². The number of carbonyl (C=O) groups is 2. The molecule has 0 radical (unpaired) electrons. The van der Waals surface area contributed by atoms with Gasteiger partial charge >= 0.3 is 5.97 Å². The Kier molecular flexibility index (Phi) is 57.5. The van der Waals surface area contributed by atoms with E-state index in [1.165, 1.54) is 276 Å². The number of allylic oxidation sites excluding steroid dienone is 3. The first kappa shape index (κ1) is 67.3. The van der Waals surface area contributed by atoms with Gasteiger partial charge in [0.15, 0.2) is 0 Å². The Hall–Kier alpha value is -1.66. The number of ether oxygens (including phenoxy) is 1. The molecule has 0 aromatic heterocycles. The summed E-state index contributed by atoms with van der Waals surface area (Å²) in [6.07, 6.45) is 72.2. The van der Waals surface area contributed by atoms with Gasteiger partial charge < -0.3 is 20.3 Å². The number of aliphatic hydroxyl groups is 2. The van der Waals surface area contributed by atoms with Gasteiger partial charge in [0.25, 0.3) is 0 Å². The summed E-state index contributed by atoms with van der Waals surface area (Å²) in [7, 11) is 0. The maximum atomic E-state index is 12.5. The van der Waals surface area contributed by atoms with Crippen LogP contribution in [0.2, 0.25) is 0 Å². The smallest absolute Gasteiger partial charge is 0.305 e. The second-order valence-electron chi connectivity index (χ2n) is 21.4. The number of amides is 1. The molecule has 6 heteroatoms. The lowest BCUT2D eigenvalue weighted by molar-refractivity contribution is -0.143. The van der Waals surface area contributed by atoms with Crippen LogP contribution < -0.4 is 5.32 Å². The van der Waals surface area contributed by atoms with Crippen LogP contribution in [0.25, 0.3) is 0 Å². The second kappa shape index (κ2) is 58.9. The van der Waals surface area contributed by atoms with Crippen molar-refractivity contribution in [1.29, 1.82) is 0 Å². The number of hydrogen-bond acceptors (Lipinski definition) is 5. The Labute approximate surface area is 431 Å². The van der Waals surface area contributed by atoms with Gasteiger partial charge in [0, 0.05) is 12.8 Å². The highest BCUT2D eigenvalue weighted by Crippen LogP contribution is 2.17. The van der Waals surface area contributed by atoms with Gasteiger partial charge in [-0.15, -0.1) is 0 Å². The molecule has 0 fully saturated rings. The molecule has 0 rings (SSSR count). The molecular formula is C63H121NO5. The topological polar surface area (TPSA) is 95.9 Å². The molecule has 6 nitrogen and oxygen atoms in total. The fourth-order valence-corrected chi connectivity index (χ4v) is 9.69. The second-order valence-corrected chi connectivity index (χ2v) is 21.4. The zero-order valence-corrected chi connectivity index (χ0v) is 46.6. The highest BCUT2D eigenvalue weighted by molar-refractivity contribution is 5.76. The largest absolute Gasteiger partial charge is 0.466 e. The molecule has 0 heterocycles. The average Bonchev–Trinajstić information content (AvgIpc) is 3.35. The number of aliphatic hydroxyl groups excluding tert-OH is 2. The van der Waals surface area contributed by atoms with Gasteiger partial charge in [0.05, 0.1) is 25.4 Å². The van der Waals surface area contributed by atoms with Gasteiger partial charge in [-0.3, -0.25) is 9.59 Å². The molecule has 0 aliphatic rings. The van der Waals surface area contributed by atoms with E-state index in [1.807, 2.05) is 6.08 Å². The summed E-state index contributed by atoms with van der Waals surface area (Å²) in [6, 6.07) is -0.629. The van der Waals surface area contributed by atoms with Crippen molar-refractivity contribution in [1.82, 2.24) is 5.32 Å². The molecule has 0 bridgehead atoms. The lowest BCUT2D eigenvalue weighted by Crippen LogP contribution is -2.45. The van der Waals surface area contributed by atoms with Crippen LogP contribution in [0.3, 0.4) is 0 Å². The maximum absolute atomic E-state index is 12.5. The number of carbonyl (C=O) groups excluding carboxylic acids is 2. The van der Waals surface area contributed by atoms with Crippen molar-refractivity contribution in [2.45, 2.75) is 353 Å². The highest BCUT2D eigenvalue weighted by Gasteiger charge is 2.18. The van der Waals surface area contributed by atoms with Crippen molar-refractivity contribution in [2.24, 2.45) is 0 Å². The van der Waals surface area contributed by atoms with Crippen LogP contribution in [0.15, 0.2) is 24.3 Å². The van der Waals surface area contributed by atoms with E-state index in [-0.39, 0.29) is 18.5 Å². The first-order chi connectivity index (χ1) is 34.0. The predicted octanol–water partition coefficient (Wildman–Crippen LogP) is 19.4. The van der Waals surface area contributed by atoms with Gasteiger partial charge in [0.2, 0.25) is 5.91 Å². The first-order valence-corrected chi connectivity index (χ1v) is 31.1. The lowest BCUT2D eigenvalue weighted by atomic mass is 10.0. The average molecular weight is 973 g/mol. The Morgan fingerprint density at radius 3 is 1.03 bits per heavy atom. The minimum Gasteiger partial charge on any atom is -0.466 e. The highest BCUT2D eigenvalue weighted by atomic mass is 16.5. The molecule has 0 spiro atoms. The van der Waals surface area contributed by atoms with Crippen LogP contribution in [0.1, 0.15) is 341 Å². The van der Waals surface area contributed by atoms with Crippen molar-refractivity contribution in [2.75, 3.05) is 13.2 Å². The zero-order chi connectivity index (χ0) is 50.0. The molecule has 2 atom stereocenters. The van der Waals surface area contributed by atoms with E-state index in [4.69, 9.17) is 4.74 Å². The Bertz CT molecular complexity index is 1080. The van der Waals surface area contributed by atoms with Crippen LogP contribution in [-0.4, -0.2) is 47.4 Å². The fourth-order valence-electron chi connectivity index (χ4n) is 9.69. The molecule has 0 aromatic rings. The van der Waals surface area contributed by atoms with Crippen LogP contribution >= 0.6 is 0 Å². The molecule has 0 saturated carbocycles. The van der Waals surface area contributed by atoms with E-state index in [0.717, 1.165) is 38.5 Å². The van der Waals surface area contributed by atoms with Crippen LogP contribution in [0.4, 0.5) is 0 Å². The van der Waals surface area contributed by atoms with Crippen molar-refractivity contribution in [3.05, 3.63) is 24.3 Å². The molecule has 3 N–H and O–H groups in total. The minimum absolute atomic E-state index is 0.0139. The zero-order valence-electron chi connectivity index (χ0n) is 46.6. The molecule has 2 unspecified atom stereocenters. The molecule has 0 saturated heterocycles. The third-order valence-electron chi connectivity index (χ3n) is 14.5. The number of nitrogens with one attached hydrogen (secondary N) is 1. The van der Waals surface area contributed by atoms with E-state index in [0.29, 0.717) is 19.4 Å². The monoisotopic (exact) mass is 972 g/mol. The van der Waals surface area contributed by atoms with Gasteiger partial charge in [-0.2, -0.15) is 0 Å². The van der Waals surface area contributed by atoms with Gasteiger partial charge in [-0.1, -0.05) is 295 Å². The summed E-state index contributed by atoms with van der Waals surface area (Å²) in [4.78, 5) is 24.5. The summed E-state index contributed by atoms with van der Waals surface area (Å²) in [5, 5.41) is 23.1. The minimum atomic E-state index is -0.846. The normalized spacial score (nSPS) is 12.7. The fraction of sp³-hybridized carbons (Fsp3) is 0.905. The van der Waals surface area contributed by atoms with E-state index in [2.05, 4.69) is 31.3 Å². The Morgan fingerprint density at radius 1 is 0.391 bits per heavy atom. The summed E-state index contributed by atoms with van der Waals surface area (Å²) >= 11 is 0. The third kappa shape index (κ3) is 55.5. The van der Waals surface area contributed by atoms with Crippen molar-refractivity contribution in [3.63, 3.8) is 0 Å². The molecular weight excluding hydrogens is 851 g/mol. The third-order valence-corrected chi connectivity index (χ3v) is 14.5. The van der Waals surface area contributed by atoms with Crippen molar-refractivity contribution in [3.8, 4) is 0 Å². The lowest BCUT2D eigenvalue weighted by Gasteiger charge is -2.20. The van der Waals surface area contributed by atoms with Crippen LogP contribution in [-0.2, 0) is 14.3 Å². The summed E-state index contributed by atoms with van der Waals surface area (Å²) < 4.78 is 5.47. The molecule has 0 aromatic carbocycles. The summed E-state index contributed by atoms with van der Waals surface area (Å²) in [5.41, 5.74) is 0. The SMILES string of the molecule is CCCCCCCCCCCCCCC/C=C/C(O)C(CO)NC(=O)CCCCCCCCCCC/C=C\CCCCCCCCCCCCCCOC(=O)CCCCCCCCCCCCCC. The van der Waals surface area contributed by atoms with Crippen LogP contribution in [0.5, 0.6) is 0 Å². The molecule has 69 heavy (non-hydrogen) atoms. The van der Waals surface area contributed by atoms with Gasteiger partial charge in [-0.05, 0) is 57.8 Å². The molecule has 0 aliphatic heterocycles. The Balaban J connectivity index is 3.41. The number of esters is 1. The standard InChI is InChI=1S/C63H121NO5/c1-3-5-7-9-11-13-15-17-29-32-35-39-43-47-51-55-61(66)60(59-65)64-62(67)56-52-48-44-40-36-33-30-27-25-23-21-19-18-20-22-24-26-28-31-34-38-42-46-50-54-58-69-63(68)57-53-49-45-41-37-16-14-12-10-8-6-4-2/h19,21,51,55,60-61,65-66H,3-18,20,22-50,52-54,56-59H2,1-2H3,(H,64,67)/b21-19-,55-51+. The van der Waals surface area contributed by atoms with E-state index >= 15 is 0 Å². The number of rotatable bonds is 58. The molecule has 408 valence electrons. The number of hydrogen-bond donors (Lipinski definition) is 3. The predicted molar refractivity (Wildman–Crippen MR) is 301 cm³/mol. The van der Waals surface area contributed by atoms with Crippen LogP contribution in [0, 0.1) is 0 Å². The molecule has 0 aliphatic carbocycles. The first-order valence-electron chi connectivity index (χ1n) is 31.1. The van der Waals surface area contributed by atoms with E-state index < -0.39 is 12.1 Å². The molecule has 1 amide bonds. The van der Waals surface area contributed by atoms with Crippen molar-refractivity contribution < 1.29 is 24.5 Å². The Morgan fingerprint density at radius 2 is 0.681 bits per heavy atom. The van der Waals surface area contributed by atoms with E-state index in [9.17, 15) is 19.8 Å². The van der Waals surface area contributed by atoms with Gasteiger partial charge in [0.1, 0.15) is 0 Å². The summed E-state index contributed by atoms with van der Waals surface area (Å²) in [5.74, 6) is -0.0555. The summed E-state index contributed by atoms with van der Waals surface area (Å²) in [6.45, 7) is 4.92. The number of unbranched alkanes of at least 4 members (excludes halogenated alkanes) is 45.